The van der Waals surface area contributed by atoms with Crippen LogP contribution in [-0.2, 0) is 6.54 Å². The standard InChI is InChI=1S/C19H21N5O/c1-13(2)18-17-7-5-9-23(17)10-11-24(18)19(25)16-12-15(21-22-16)14-6-3-4-8-20-14/h3-9,12-13,18H,10-11H2,1-2H3,(H,21,22). The van der Waals surface area contributed by atoms with Crippen LogP contribution in [0.1, 0.15) is 36.1 Å². The van der Waals surface area contributed by atoms with Crippen molar-refractivity contribution in [3.8, 4) is 11.4 Å². The molecule has 1 unspecified atom stereocenters. The third-order valence-corrected chi connectivity index (χ3v) is 4.71. The topological polar surface area (TPSA) is 66.8 Å². The molecule has 1 aliphatic rings. The molecule has 1 N–H and O–H groups in total. The predicted molar refractivity (Wildman–Crippen MR) is 94.9 cm³/mol. The van der Waals surface area contributed by atoms with Crippen LogP contribution in [0.3, 0.4) is 0 Å². The Labute approximate surface area is 146 Å². The molecule has 0 aliphatic carbocycles. The Morgan fingerprint density at radius 1 is 1.20 bits per heavy atom. The van der Waals surface area contributed by atoms with Gasteiger partial charge in [0.15, 0.2) is 0 Å². The van der Waals surface area contributed by atoms with Gasteiger partial charge in [0.25, 0.3) is 5.91 Å². The van der Waals surface area contributed by atoms with Gasteiger partial charge in [-0.15, -0.1) is 0 Å². The Balaban J connectivity index is 1.64. The maximum Gasteiger partial charge on any atom is 0.272 e. The Kier molecular flexibility index (Phi) is 3.87. The van der Waals surface area contributed by atoms with E-state index >= 15 is 0 Å². The van der Waals surface area contributed by atoms with Crippen LogP contribution in [0.15, 0.2) is 48.8 Å². The van der Waals surface area contributed by atoms with Gasteiger partial charge in [-0.2, -0.15) is 5.10 Å². The van der Waals surface area contributed by atoms with Crippen LogP contribution in [0.4, 0.5) is 0 Å². The van der Waals surface area contributed by atoms with Gasteiger partial charge in [-0.3, -0.25) is 14.9 Å². The van der Waals surface area contributed by atoms with Gasteiger partial charge >= 0.3 is 0 Å². The van der Waals surface area contributed by atoms with Gasteiger partial charge in [0.1, 0.15) is 11.4 Å². The van der Waals surface area contributed by atoms with Crippen LogP contribution in [0.2, 0.25) is 0 Å². The lowest BCUT2D eigenvalue weighted by atomic mass is 9.96. The molecule has 0 aromatic carbocycles. The van der Waals surface area contributed by atoms with Crippen LogP contribution in [0.25, 0.3) is 11.4 Å². The van der Waals surface area contributed by atoms with Gasteiger partial charge in [-0.1, -0.05) is 19.9 Å². The number of nitrogens with one attached hydrogen (secondary N) is 1. The monoisotopic (exact) mass is 335 g/mol. The first kappa shape index (κ1) is 15.6. The normalized spacial score (nSPS) is 16.9. The molecule has 3 aromatic rings. The van der Waals surface area contributed by atoms with E-state index in [2.05, 4.69) is 45.9 Å². The number of aromatic amines is 1. The molecular formula is C19H21N5O. The molecule has 3 aromatic heterocycles. The summed E-state index contributed by atoms with van der Waals surface area (Å²) in [6, 6.07) is 11.7. The summed E-state index contributed by atoms with van der Waals surface area (Å²) < 4.78 is 2.24. The number of nitrogens with zero attached hydrogens (tertiary/aromatic N) is 4. The molecule has 1 aliphatic heterocycles. The molecule has 128 valence electrons. The zero-order chi connectivity index (χ0) is 17.4. The lowest BCUT2D eigenvalue weighted by molar-refractivity contribution is 0.0550. The molecule has 4 heterocycles. The number of H-pyrrole nitrogens is 1. The summed E-state index contributed by atoms with van der Waals surface area (Å²) in [4.78, 5) is 19.4. The zero-order valence-corrected chi connectivity index (χ0v) is 14.4. The highest BCUT2D eigenvalue weighted by molar-refractivity contribution is 5.93. The molecule has 4 rings (SSSR count). The van der Waals surface area contributed by atoms with Crippen LogP contribution >= 0.6 is 0 Å². The van der Waals surface area contributed by atoms with Gasteiger partial charge in [0.05, 0.1) is 11.7 Å². The fraction of sp³-hybridized carbons (Fsp3) is 0.316. The first-order valence-corrected chi connectivity index (χ1v) is 8.58. The number of rotatable bonds is 3. The SMILES string of the molecule is CC(C)C1c2cccn2CCN1C(=O)c1cc(-c2ccccn2)n[nH]1. The van der Waals surface area contributed by atoms with E-state index in [1.807, 2.05) is 29.2 Å². The van der Waals surface area contributed by atoms with E-state index in [0.29, 0.717) is 23.9 Å². The maximum atomic E-state index is 13.1. The first-order chi connectivity index (χ1) is 12.1. The lowest BCUT2D eigenvalue weighted by Crippen LogP contribution is -2.44. The van der Waals surface area contributed by atoms with Crippen molar-refractivity contribution >= 4 is 5.91 Å². The second-order valence-electron chi connectivity index (χ2n) is 6.70. The summed E-state index contributed by atoms with van der Waals surface area (Å²) in [5.74, 6) is 0.317. The minimum Gasteiger partial charge on any atom is -0.348 e. The van der Waals surface area contributed by atoms with E-state index in [-0.39, 0.29) is 11.9 Å². The third-order valence-electron chi connectivity index (χ3n) is 4.71. The van der Waals surface area contributed by atoms with Crippen molar-refractivity contribution in [2.45, 2.75) is 26.4 Å². The number of amides is 1. The van der Waals surface area contributed by atoms with Gasteiger partial charge in [0.2, 0.25) is 0 Å². The molecule has 0 bridgehead atoms. The van der Waals surface area contributed by atoms with Gasteiger partial charge in [0, 0.05) is 31.2 Å². The minimum atomic E-state index is -0.0131. The lowest BCUT2D eigenvalue weighted by Gasteiger charge is -2.39. The molecule has 0 radical (unpaired) electrons. The maximum absolute atomic E-state index is 13.1. The van der Waals surface area contributed by atoms with E-state index < -0.39 is 0 Å². The summed E-state index contributed by atoms with van der Waals surface area (Å²) in [6.07, 6.45) is 3.81. The minimum absolute atomic E-state index is 0.0131. The highest BCUT2D eigenvalue weighted by atomic mass is 16.2. The highest BCUT2D eigenvalue weighted by Gasteiger charge is 2.34. The average molecular weight is 335 g/mol. The summed E-state index contributed by atoms with van der Waals surface area (Å²) >= 11 is 0. The van der Waals surface area contributed by atoms with Crippen LogP contribution in [-0.4, -0.2) is 37.1 Å². The molecule has 0 saturated heterocycles. The van der Waals surface area contributed by atoms with Gasteiger partial charge < -0.3 is 9.47 Å². The van der Waals surface area contributed by atoms with E-state index in [0.717, 1.165) is 12.2 Å². The zero-order valence-electron chi connectivity index (χ0n) is 14.4. The summed E-state index contributed by atoms with van der Waals surface area (Å²) in [6.45, 7) is 5.82. The van der Waals surface area contributed by atoms with Crippen molar-refractivity contribution in [2.75, 3.05) is 6.54 Å². The van der Waals surface area contributed by atoms with E-state index in [9.17, 15) is 4.79 Å². The first-order valence-electron chi connectivity index (χ1n) is 8.58. The molecule has 0 fully saturated rings. The van der Waals surface area contributed by atoms with Crippen molar-refractivity contribution in [3.05, 3.63) is 60.2 Å². The van der Waals surface area contributed by atoms with Crippen molar-refractivity contribution in [1.82, 2.24) is 24.6 Å². The molecule has 0 saturated carbocycles. The second-order valence-corrected chi connectivity index (χ2v) is 6.70. The molecule has 1 atom stereocenters. The van der Waals surface area contributed by atoms with E-state index in [4.69, 9.17) is 0 Å². The van der Waals surface area contributed by atoms with Crippen molar-refractivity contribution in [1.29, 1.82) is 0 Å². The molecule has 6 nitrogen and oxygen atoms in total. The number of hydrogen-bond donors (Lipinski definition) is 1. The fourth-order valence-electron chi connectivity index (χ4n) is 3.57. The largest absolute Gasteiger partial charge is 0.348 e. The summed E-state index contributed by atoms with van der Waals surface area (Å²) in [5, 5.41) is 7.16. The quantitative estimate of drug-likeness (QED) is 0.799. The number of carbonyl (C=O) groups excluding carboxylic acids is 1. The average Bonchev–Trinajstić information content (AvgIpc) is 3.30. The van der Waals surface area contributed by atoms with Crippen LogP contribution < -0.4 is 0 Å². The Hall–Kier alpha value is -2.89. The van der Waals surface area contributed by atoms with Gasteiger partial charge in [-0.25, -0.2) is 0 Å². The molecule has 0 spiro atoms. The van der Waals surface area contributed by atoms with Crippen LogP contribution in [0, 0.1) is 5.92 Å². The molecule has 6 heteroatoms. The Morgan fingerprint density at radius 3 is 2.84 bits per heavy atom. The summed E-state index contributed by atoms with van der Waals surface area (Å²) in [5.41, 5.74) is 3.14. The Morgan fingerprint density at radius 2 is 2.08 bits per heavy atom. The van der Waals surface area contributed by atoms with E-state index in [1.165, 1.54) is 5.69 Å². The smallest absolute Gasteiger partial charge is 0.272 e. The van der Waals surface area contributed by atoms with Gasteiger partial charge in [-0.05, 0) is 36.2 Å². The van der Waals surface area contributed by atoms with Crippen molar-refractivity contribution in [2.24, 2.45) is 5.92 Å². The number of hydrogen-bond acceptors (Lipinski definition) is 3. The van der Waals surface area contributed by atoms with Crippen molar-refractivity contribution in [3.63, 3.8) is 0 Å². The number of pyridine rings is 1. The number of aromatic nitrogens is 4. The van der Waals surface area contributed by atoms with Crippen LogP contribution in [0.5, 0.6) is 0 Å². The third kappa shape index (κ3) is 2.73. The molecular weight excluding hydrogens is 314 g/mol. The molecule has 1 amide bonds. The van der Waals surface area contributed by atoms with Crippen molar-refractivity contribution < 1.29 is 4.79 Å². The fourth-order valence-corrected chi connectivity index (χ4v) is 3.57. The predicted octanol–water partition coefficient (Wildman–Crippen LogP) is 3.13. The number of carbonyl (C=O) groups is 1. The second kappa shape index (κ2) is 6.20. The molecule has 25 heavy (non-hydrogen) atoms. The Bertz CT molecular complexity index is 880. The highest BCUT2D eigenvalue weighted by Crippen LogP contribution is 2.33. The number of fused-ring (bicyclic) bond motifs is 1. The summed E-state index contributed by atoms with van der Waals surface area (Å²) in [7, 11) is 0. The van der Waals surface area contributed by atoms with E-state index in [1.54, 1.807) is 12.3 Å².